The van der Waals surface area contributed by atoms with E-state index in [-0.39, 0.29) is 13.0 Å². The zero-order valence-electron chi connectivity index (χ0n) is 17.9. The molecule has 7 nitrogen and oxygen atoms in total. The highest BCUT2D eigenvalue weighted by Crippen LogP contribution is 2.18. The molecule has 3 aromatic rings. The van der Waals surface area contributed by atoms with Crippen LogP contribution in [0.5, 0.6) is 11.5 Å². The number of anilines is 1. The van der Waals surface area contributed by atoms with Crippen molar-refractivity contribution in [3.05, 3.63) is 89.5 Å². The summed E-state index contributed by atoms with van der Waals surface area (Å²) in [7, 11) is 1.50. The molecule has 3 rings (SSSR count). The van der Waals surface area contributed by atoms with Crippen molar-refractivity contribution in [3.63, 3.8) is 0 Å². The number of nitrogens with two attached hydrogens (primary N) is 1. The summed E-state index contributed by atoms with van der Waals surface area (Å²) in [5, 5.41) is 12.8. The molecular formula is C25H26N2O5. The third-order valence-electron chi connectivity index (χ3n) is 4.70. The van der Waals surface area contributed by atoms with Gasteiger partial charge in [-0.05, 0) is 53.9 Å². The Morgan fingerprint density at radius 1 is 0.875 bits per heavy atom. The Morgan fingerprint density at radius 2 is 1.47 bits per heavy atom. The maximum atomic E-state index is 10.7. The summed E-state index contributed by atoms with van der Waals surface area (Å²) < 4.78 is 11.7. The minimum Gasteiger partial charge on any atom is -0.489 e. The molecule has 32 heavy (non-hydrogen) atoms. The molecule has 0 aliphatic heterocycles. The number of nitrogens with zero attached hydrogens (tertiary/aromatic N) is 1. The van der Waals surface area contributed by atoms with Crippen molar-refractivity contribution in [1.82, 2.24) is 0 Å². The first-order valence-corrected chi connectivity index (χ1v) is 10.1. The van der Waals surface area contributed by atoms with E-state index in [1.807, 2.05) is 60.7 Å². The van der Waals surface area contributed by atoms with Gasteiger partial charge >= 0.3 is 5.97 Å². The summed E-state index contributed by atoms with van der Waals surface area (Å²) in [6.45, 7) is 0.665. The van der Waals surface area contributed by atoms with Gasteiger partial charge in [0, 0.05) is 17.7 Å². The van der Waals surface area contributed by atoms with Gasteiger partial charge in [-0.2, -0.15) is 0 Å². The summed E-state index contributed by atoms with van der Waals surface area (Å²) in [6.07, 6.45) is 0.625. The number of oxime groups is 1. The second-order valence-corrected chi connectivity index (χ2v) is 7.10. The van der Waals surface area contributed by atoms with Gasteiger partial charge in [0.1, 0.15) is 37.5 Å². The number of carbonyl (C=O) groups is 1. The lowest BCUT2D eigenvalue weighted by Crippen LogP contribution is -2.13. The van der Waals surface area contributed by atoms with Crippen LogP contribution in [0.1, 0.15) is 23.1 Å². The molecule has 0 saturated heterocycles. The number of nitrogen functional groups attached to an aromatic ring is 1. The Kier molecular flexibility index (Phi) is 8.09. The van der Waals surface area contributed by atoms with Crippen molar-refractivity contribution in [2.24, 2.45) is 5.16 Å². The molecule has 0 saturated carbocycles. The fourth-order valence-corrected chi connectivity index (χ4v) is 2.95. The summed E-state index contributed by atoms with van der Waals surface area (Å²) >= 11 is 0. The van der Waals surface area contributed by atoms with Crippen molar-refractivity contribution in [3.8, 4) is 11.5 Å². The molecule has 0 bridgehead atoms. The molecule has 0 aromatic heterocycles. The van der Waals surface area contributed by atoms with Crippen LogP contribution in [-0.2, 0) is 22.7 Å². The van der Waals surface area contributed by atoms with Crippen molar-refractivity contribution >= 4 is 17.4 Å². The van der Waals surface area contributed by atoms with E-state index in [4.69, 9.17) is 25.2 Å². The number of ether oxygens (including phenoxy) is 2. The van der Waals surface area contributed by atoms with Crippen LogP contribution in [0.2, 0.25) is 0 Å². The van der Waals surface area contributed by atoms with Gasteiger partial charge in [0.05, 0.1) is 0 Å². The molecule has 0 fully saturated rings. The number of carboxylic acids is 1. The minimum absolute atomic E-state index is 0.118. The van der Waals surface area contributed by atoms with E-state index in [0.717, 1.165) is 22.4 Å². The van der Waals surface area contributed by atoms with E-state index in [0.29, 0.717) is 30.2 Å². The maximum Gasteiger partial charge on any atom is 0.303 e. The summed E-state index contributed by atoms with van der Waals surface area (Å²) in [5.41, 5.74) is 9.92. The van der Waals surface area contributed by atoms with Crippen LogP contribution in [0.4, 0.5) is 5.69 Å². The molecule has 7 heteroatoms. The average molecular weight is 434 g/mol. The molecule has 0 heterocycles. The Labute approximate surface area is 187 Å². The highest BCUT2D eigenvalue weighted by atomic mass is 16.6. The third kappa shape index (κ3) is 7.05. The van der Waals surface area contributed by atoms with Gasteiger partial charge in [0.15, 0.2) is 0 Å². The first-order valence-electron chi connectivity index (χ1n) is 10.1. The molecule has 0 aliphatic carbocycles. The largest absolute Gasteiger partial charge is 0.489 e. The predicted molar refractivity (Wildman–Crippen MR) is 123 cm³/mol. The van der Waals surface area contributed by atoms with Crippen molar-refractivity contribution in [2.75, 3.05) is 19.5 Å². The van der Waals surface area contributed by atoms with E-state index in [1.165, 1.54) is 7.11 Å². The normalized spacial score (nSPS) is 11.1. The SMILES string of the molecule is CO/N=C(/COc1ccc(COc2ccc(CCC(=O)O)cc2)cc1)c1ccc(N)cc1. The zero-order valence-corrected chi connectivity index (χ0v) is 17.9. The Morgan fingerprint density at radius 3 is 2.06 bits per heavy atom. The molecule has 0 radical (unpaired) electrons. The van der Waals surface area contributed by atoms with E-state index in [9.17, 15) is 4.79 Å². The number of aliphatic carboxylic acids is 1. The van der Waals surface area contributed by atoms with Crippen molar-refractivity contribution < 1.29 is 24.2 Å². The fraction of sp³-hybridized carbons (Fsp3) is 0.200. The summed E-state index contributed by atoms with van der Waals surface area (Å²) in [5.74, 6) is 0.634. The number of aryl methyl sites for hydroxylation is 1. The first-order chi connectivity index (χ1) is 15.5. The monoisotopic (exact) mass is 434 g/mol. The average Bonchev–Trinajstić information content (AvgIpc) is 2.81. The zero-order chi connectivity index (χ0) is 22.8. The van der Waals surface area contributed by atoms with Crippen LogP contribution >= 0.6 is 0 Å². The van der Waals surface area contributed by atoms with Gasteiger partial charge in [-0.3, -0.25) is 4.79 Å². The highest BCUT2D eigenvalue weighted by molar-refractivity contribution is 6.01. The molecule has 0 atom stereocenters. The highest BCUT2D eigenvalue weighted by Gasteiger charge is 2.07. The topological polar surface area (TPSA) is 103 Å². The van der Waals surface area contributed by atoms with Crippen LogP contribution in [-0.4, -0.2) is 30.5 Å². The fourth-order valence-electron chi connectivity index (χ4n) is 2.95. The lowest BCUT2D eigenvalue weighted by atomic mass is 10.1. The molecule has 0 aliphatic rings. The standard InChI is InChI=1S/C25H26N2O5/c1-30-27-24(20-7-9-21(26)10-8-20)17-32-23-13-4-19(5-14-23)16-31-22-11-2-18(3-12-22)6-15-25(28)29/h2-5,7-14H,6,15-17,26H2,1H3,(H,28,29)/b27-24-. The van der Waals surface area contributed by atoms with Gasteiger partial charge in [-0.1, -0.05) is 41.6 Å². The van der Waals surface area contributed by atoms with E-state index >= 15 is 0 Å². The number of hydrogen-bond donors (Lipinski definition) is 2. The molecule has 0 unspecified atom stereocenters. The van der Waals surface area contributed by atoms with Crippen LogP contribution in [0, 0.1) is 0 Å². The first kappa shape index (κ1) is 22.7. The second kappa shape index (κ2) is 11.4. The van der Waals surface area contributed by atoms with Gasteiger partial charge in [0.2, 0.25) is 0 Å². The second-order valence-electron chi connectivity index (χ2n) is 7.10. The smallest absolute Gasteiger partial charge is 0.303 e. The minimum atomic E-state index is -0.801. The predicted octanol–water partition coefficient (Wildman–Crippen LogP) is 4.29. The summed E-state index contributed by atoms with van der Waals surface area (Å²) in [6, 6.07) is 22.4. The number of hydrogen-bond acceptors (Lipinski definition) is 6. The molecule has 166 valence electrons. The Hall–Kier alpha value is -4.00. The van der Waals surface area contributed by atoms with E-state index < -0.39 is 5.97 Å². The molecule has 0 amide bonds. The number of benzene rings is 3. The molecule has 0 spiro atoms. The lowest BCUT2D eigenvalue weighted by molar-refractivity contribution is -0.136. The van der Waals surface area contributed by atoms with Gasteiger partial charge in [-0.25, -0.2) is 0 Å². The molecule has 3 aromatic carbocycles. The third-order valence-corrected chi connectivity index (χ3v) is 4.70. The Bertz CT molecular complexity index is 1030. The molecule has 3 N–H and O–H groups in total. The van der Waals surface area contributed by atoms with Crippen LogP contribution in [0.3, 0.4) is 0 Å². The van der Waals surface area contributed by atoms with E-state index in [2.05, 4.69) is 5.16 Å². The van der Waals surface area contributed by atoms with Gasteiger partial charge in [0.25, 0.3) is 0 Å². The van der Waals surface area contributed by atoms with Crippen LogP contribution < -0.4 is 15.2 Å². The van der Waals surface area contributed by atoms with Gasteiger partial charge < -0.3 is 25.2 Å². The van der Waals surface area contributed by atoms with Crippen molar-refractivity contribution in [1.29, 1.82) is 0 Å². The molecular weight excluding hydrogens is 408 g/mol. The van der Waals surface area contributed by atoms with Crippen LogP contribution in [0.25, 0.3) is 0 Å². The van der Waals surface area contributed by atoms with Crippen LogP contribution in [0.15, 0.2) is 78.0 Å². The quantitative estimate of drug-likeness (QED) is 0.265. The lowest BCUT2D eigenvalue weighted by Gasteiger charge is -2.10. The van der Waals surface area contributed by atoms with E-state index in [1.54, 1.807) is 12.1 Å². The summed E-state index contributed by atoms with van der Waals surface area (Å²) in [4.78, 5) is 15.6. The number of rotatable bonds is 11. The maximum absolute atomic E-state index is 10.7. The van der Waals surface area contributed by atoms with Crippen molar-refractivity contribution in [2.45, 2.75) is 19.4 Å². The number of carboxylic acid groups (broad SMARTS) is 1. The van der Waals surface area contributed by atoms with Gasteiger partial charge in [-0.15, -0.1) is 0 Å². The Balaban J connectivity index is 1.50.